The van der Waals surface area contributed by atoms with E-state index >= 15 is 0 Å². The molecule has 2 heterocycles. The molecule has 7 heteroatoms. The number of esters is 1. The summed E-state index contributed by atoms with van der Waals surface area (Å²) in [5.74, 6) is 0.698. The van der Waals surface area contributed by atoms with Gasteiger partial charge in [0.25, 0.3) is 0 Å². The minimum Gasteiger partial charge on any atom is -0.467 e. The normalized spacial score (nSPS) is 27.3. The Bertz CT molecular complexity index is 485. The largest absolute Gasteiger partial charge is 0.467 e. The molecule has 0 saturated carbocycles. The van der Waals surface area contributed by atoms with Gasteiger partial charge in [0.15, 0.2) is 0 Å². The zero-order chi connectivity index (χ0) is 17.0. The van der Waals surface area contributed by atoms with Crippen LogP contribution in [-0.4, -0.2) is 64.4 Å². The molecule has 130 valence electrons. The molecule has 0 spiro atoms. The first-order valence-corrected chi connectivity index (χ1v) is 9.38. The summed E-state index contributed by atoms with van der Waals surface area (Å²) < 4.78 is 4.89. The highest BCUT2D eigenvalue weighted by molar-refractivity contribution is 7.99. The Morgan fingerprint density at radius 3 is 2.74 bits per heavy atom. The van der Waals surface area contributed by atoms with E-state index < -0.39 is 11.6 Å². The Hall–Kier alpha value is -1.24. The van der Waals surface area contributed by atoms with Crippen LogP contribution >= 0.6 is 11.8 Å². The fourth-order valence-corrected chi connectivity index (χ4v) is 4.47. The topological polar surface area (TPSA) is 66.9 Å². The van der Waals surface area contributed by atoms with E-state index in [9.17, 15) is 14.4 Å². The van der Waals surface area contributed by atoms with Crippen molar-refractivity contribution in [3.05, 3.63) is 0 Å². The molecule has 23 heavy (non-hydrogen) atoms. The molecule has 2 aliphatic rings. The van der Waals surface area contributed by atoms with Gasteiger partial charge >= 0.3 is 5.97 Å². The van der Waals surface area contributed by atoms with Crippen molar-refractivity contribution in [2.24, 2.45) is 0 Å². The van der Waals surface area contributed by atoms with E-state index in [0.29, 0.717) is 31.0 Å². The first kappa shape index (κ1) is 18.1. The van der Waals surface area contributed by atoms with Gasteiger partial charge < -0.3 is 14.5 Å². The number of methoxy groups -OCH3 is 1. The van der Waals surface area contributed by atoms with E-state index in [-0.39, 0.29) is 17.8 Å². The Morgan fingerprint density at radius 2 is 2.09 bits per heavy atom. The Labute approximate surface area is 141 Å². The highest BCUT2D eigenvalue weighted by atomic mass is 32.2. The summed E-state index contributed by atoms with van der Waals surface area (Å²) in [6.07, 6.45) is 3.66. The van der Waals surface area contributed by atoms with Crippen LogP contribution in [-0.2, 0) is 19.1 Å². The van der Waals surface area contributed by atoms with Crippen molar-refractivity contribution in [2.45, 2.75) is 57.5 Å². The molecule has 1 unspecified atom stereocenters. The second-order valence-corrected chi connectivity index (χ2v) is 7.34. The molecule has 2 atom stereocenters. The molecular formula is C16H26N2O4S. The number of ether oxygens (including phenoxy) is 1. The maximum absolute atomic E-state index is 13.0. The van der Waals surface area contributed by atoms with Gasteiger partial charge in [-0.15, -0.1) is 11.8 Å². The standard InChI is InChI=1S/C16H26N2O4S/c1-4-5-7-13(19)17-11-23-10-12(17)14(20)18-9-6-8-16(18,2)15(21)22-3/h12H,4-11H2,1-3H3/t12?,16-/m1/s1. The molecule has 2 aliphatic heterocycles. The van der Waals surface area contributed by atoms with Crippen molar-refractivity contribution in [3.63, 3.8) is 0 Å². The van der Waals surface area contributed by atoms with Crippen LogP contribution < -0.4 is 0 Å². The maximum Gasteiger partial charge on any atom is 0.331 e. The van der Waals surface area contributed by atoms with Crippen LogP contribution in [0.4, 0.5) is 0 Å². The van der Waals surface area contributed by atoms with Crippen molar-refractivity contribution < 1.29 is 19.1 Å². The van der Waals surface area contributed by atoms with E-state index in [1.54, 1.807) is 28.5 Å². The SMILES string of the molecule is CCCCC(=O)N1CSCC1C(=O)N1CCC[C@]1(C)C(=O)OC. The van der Waals surface area contributed by atoms with Gasteiger partial charge in [-0.1, -0.05) is 13.3 Å². The second-order valence-electron chi connectivity index (χ2n) is 6.34. The third-order valence-corrected chi connectivity index (χ3v) is 5.78. The third-order valence-electron chi connectivity index (χ3n) is 4.76. The number of unbranched alkanes of at least 4 members (excludes halogenated alkanes) is 1. The number of amides is 2. The molecule has 0 aromatic carbocycles. The van der Waals surface area contributed by atoms with Crippen molar-refractivity contribution in [2.75, 3.05) is 25.3 Å². The number of hydrogen-bond acceptors (Lipinski definition) is 5. The van der Waals surface area contributed by atoms with E-state index in [1.807, 2.05) is 6.92 Å². The van der Waals surface area contributed by atoms with E-state index in [1.165, 1.54) is 7.11 Å². The van der Waals surface area contributed by atoms with Crippen molar-refractivity contribution in [1.29, 1.82) is 0 Å². The predicted octanol–water partition coefficient (Wildman–Crippen LogP) is 1.63. The summed E-state index contributed by atoms with van der Waals surface area (Å²) in [7, 11) is 1.35. The minimum atomic E-state index is -0.906. The van der Waals surface area contributed by atoms with Crippen molar-refractivity contribution in [1.82, 2.24) is 9.80 Å². The van der Waals surface area contributed by atoms with Gasteiger partial charge in [-0.3, -0.25) is 9.59 Å². The zero-order valence-electron chi connectivity index (χ0n) is 14.2. The van der Waals surface area contributed by atoms with Gasteiger partial charge in [0.2, 0.25) is 11.8 Å². The fraction of sp³-hybridized carbons (Fsp3) is 0.812. The summed E-state index contributed by atoms with van der Waals surface area (Å²) in [5, 5.41) is 0. The molecule has 0 aromatic rings. The number of carbonyl (C=O) groups excluding carboxylic acids is 3. The number of hydrogen-bond donors (Lipinski definition) is 0. The van der Waals surface area contributed by atoms with Gasteiger partial charge in [-0.2, -0.15) is 0 Å². The van der Waals surface area contributed by atoms with Crippen molar-refractivity contribution in [3.8, 4) is 0 Å². The highest BCUT2D eigenvalue weighted by Crippen LogP contribution is 2.33. The van der Waals surface area contributed by atoms with Crippen LogP contribution in [0.15, 0.2) is 0 Å². The van der Waals surface area contributed by atoms with Crippen LogP contribution in [0.3, 0.4) is 0 Å². The number of rotatable bonds is 5. The second kappa shape index (κ2) is 7.55. The van der Waals surface area contributed by atoms with Crippen LogP contribution in [0, 0.1) is 0 Å². The van der Waals surface area contributed by atoms with Crippen LogP contribution in [0.1, 0.15) is 46.0 Å². The first-order chi connectivity index (χ1) is 11.0. The lowest BCUT2D eigenvalue weighted by molar-refractivity contribution is -0.160. The minimum absolute atomic E-state index is 0.0363. The fourth-order valence-electron chi connectivity index (χ4n) is 3.29. The zero-order valence-corrected chi connectivity index (χ0v) is 15.0. The number of likely N-dealkylation sites (tertiary alicyclic amines) is 1. The Kier molecular flexibility index (Phi) is 5.95. The average Bonchev–Trinajstić information content (AvgIpc) is 3.18. The number of thioether (sulfide) groups is 1. The van der Waals surface area contributed by atoms with E-state index in [2.05, 4.69) is 0 Å². The molecule has 0 bridgehead atoms. The molecule has 2 fully saturated rings. The summed E-state index contributed by atoms with van der Waals surface area (Å²) >= 11 is 1.59. The number of nitrogens with zero attached hydrogens (tertiary/aromatic N) is 2. The molecule has 2 amide bonds. The van der Waals surface area contributed by atoms with Crippen LogP contribution in [0.5, 0.6) is 0 Å². The Morgan fingerprint density at radius 1 is 1.35 bits per heavy atom. The van der Waals surface area contributed by atoms with Gasteiger partial charge in [0, 0.05) is 18.7 Å². The molecule has 0 radical (unpaired) electrons. The van der Waals surface area contributed by atoms with E-state index in [0.717, 1.165) is 19.3 Å². The molecule has 0 N–H and O–H groups in total. The van der Waals surface area contributed by atoms with Crippen LogP contribution in [0.25, 0.3) is 0 Å². The average molecular weight is 342 g/mol. The molecule has 6 nitrogen and oxygen atoms in total. The van der Waals surface area contributed by atoms with E-state index in [4.69, 9.17) is 4.74 Å². The smallest absolute Gasteiger partial charge is 0.331 e. The monoisotopic (exact) mass is 342 g/mol. The van der Waals surface area contributed by atoms with Crippen LogP contribution in [0.2, 0.25) is 0 Å². The lowest BCUT2D eigenvalue weighted by Gasteiger charge is -2.36. The summed E-state index contributed by atoms with van der Waals surface area (Å²) in [6.45, 7) is 4.35. The lowest BCUT2D eigenvalue weighted by atomic mass is 9.98. The molecule has 0 aromatic heterocycles. The predicted molar refractivity (Wildman–Crippen MR) is 88.9 cm³/mol. The summed E-state index contributed by atoms with van der Waals surface area (Å²) in [4.78, 5) is 40.7. The lowest BCUT2D eigenvalue weighted by Crippen LogP contribution is -2.57. The third kappa shape index (κ3) is 3.49. The van der Waals surface area contributed by atoms with Gasteiger partial charge in [-0.05, 0) is 26.2 Å². The first-order valence-electron chi connectivity index (χ1n) is 8.22. The molecular weight excluding hydrogens is 316 g/mol. The van der Waals surface area contributed by atoms with Gasteiger partial charge in [-0.25, -0.2) is 4.79 Å². The molecule has 2 rings (SSSR count). The number of carbonyl (C=O) groups is 3. The molecule has 0 aliphatic carbocycles. The van der Waals surface area contributed by atoms with Gasteiger partial charge in [0.1, 0.15) is 11.6 Å². The Balaban J connectivity index is 2.12. The van der Waals surface area contributed by atoms with Gasteiger partial charge in [0.05, 0.1) is 13.0 Å². The summed E-state index contributed by atoms with van der Waals surface area (Å²) in [6, 6.07) is -0.452. The quantitative estimate of drug-likeness (QED) is 0.711. The van der Waals surface area contributed by atoms with Crippen molar-refractivity contribution >= 4 is 29.5 Å². The maximum atomic E-state index is 13.0. The summed E-state index contributed by atoms with van der Waals surface area (Å²) in [5.41, 5.74) is -0.906. The molecule has 2 saturated heterocycles. The highest BCUT2D eigenvalue weighted by Gasteiger charge is 2.50.